The van der Waals surface area contributed by atoms with Crippen LogP contribution in [-0.4, -0.2) is 77.3 Å². The van der Waals surface area contributed by atoms with Crippen LogP contribution in [0.25, 0.3) is 11.1 Å². The van der Waals surface area contributed by atoms with Crippen molar-refractivity contribution in [1.82, 2.24) is 20.2 Å². The zero-order valence-corrected chi connectivity index (χ0v) is 26.4. The summed E-state index contributed by atoms with van der Waals surface area (Å²) in [5.41, 5.74) is 6.34. The first kappa shape index (κ1) is 33.3. The minimum absolute atomic E-state index is 0.0490. The molecule has 1 spiro atoms. The molecule has 2 fully saturated rings. The van der Waals surface area contributed by atoms with Crippen molar-refractivity contribution in [2.24, 2.45) is 5.41 Å². The molecule has 0 radical (unpaired) electrons. The number of nitrogens with zero attached hydrogens (tertiary/aromatic N) is 4. The van der Waals surface area contributed by atoms with Gasteiger partial charge in [-0.15, -0.1) is 0 Å². The summed E-state index contributed by atoms with van der Waals surface area (Å²) < 4.78 is 49.8. The molecule has 2 aliphatic heterocycles. The van der Waals surface area contributed by atoms with Crippen LogP contribution in [0, 0.1) is 5.41 Å². The van der Waals surface area contributed by atoms with E-state index in [2.05, 4.69) is 15.3 Å². The quantitative estimate of drug-likeness (QED) is 0.283. The van der Waals surface area contributed by atoms with Crippen molar-refractivity contribution in [3.05, 3.63) is 64.7 Å². The van der Waals surface area contributed by atoms with E-state index >= 15 is 0 Å². The number of carbonyl (C=O) groups excluding carboxylic acids is 1. The monoisotopic (exact) mass is 660 g/mol. The number of hydrogen-bond acceptors (Lipinski definition) is 8. The maximum absolute atomic E-state index is 14.7. The van der Waals surface area contributed by atoms with Crippen LogP contribution in [0.15, 0.2) is 48.5 Å². The second kappa shape index (κ2) is 13.0. The Kier molecular flexibility index (Phi) is 9.37. The highest BCUT2D eigenvalue weighted by Crippen LogP contribution is 2.46. The highest BCUT2D eigenvalue weighted by atomic mass is 35.5. The first-order valence-corrected chi connectivity index (χ1v) is 15.3. The van der Waals surface area contributed by atoms with Gasteiger partial charge in [0.1, 0.15) is 11.9 Å². The zero-order valence-electron chi connectivity index (χ0n) is 25.6. The number of piperidine rings is 1. The fraction of sp³-hybridized carbons (Fsp3) is 0.438. The molecule has 46 heavy (non-hydrogen) atoms. The van der Waals surface area contributed by atoms with Gasteiger partial charge in [0.2, 0.25) is 17.9 Å². The summed E-state index contributed by atoms with van der Waals surface area (Å²) in [6.45, 7) is 3.03. The molecule has 3 atom stereocenters. The number of aliphatic carboxylic acids is 1. The van der Waals surface area contributed by atoms with E-state index in [4.69, 9.17) is 22.1 Å². The summed E-state index contributed by atoms with van der Waals surface area (Å²) in [4.78, 5) is 35.8. The standard InChI is InChI=1S/C32H36ClF3N6O4/c1-4-24-31(17-23(38-24)29(44)45)10-12-42(13-11-31)25-16-26(40-30(37)39-25)46-27(32(34,35)36)21-9-8-20(33)15-22(21)18-6-5-7-19(14-18)28(43)41(2)3/h5-9,14-16,23-24,27,38H,4,10-13,17H2,1-3H3,(H,44,45)(H2,37,39,40)/t23?,24?,27-/m1/s1. The van der Waals surface area contributed by atoms with Gasteiger partial charge >= 0.3 is 12.1 Å². The molecule has 0 aliphatic carbocycles. The number of alkyl halides is 3. The maximum Gasteiger partial charge on any atom is 0.429 e. The molecule has 10 nitrogen and oxygen atoms in total. The van der Waals surface area contributed by atoms with E-state index in [9.17, 15) is 27.9 Å². The molecule has 0 saturated carbocycles. The van der Waals surface area contributed by atoms with Gasteiger partial charge in [-0.3, -0.25) is 9.59 Å². The summed E-state index contributed by atoms with van der Waals surface area (Å²) in [7, 11) is 3.17. The average Bonchev–Trinajstić information content (AvgIpc) is 3.37. The lowest BCUT2D eigenvalue weighted by molar-refractivity contribution is -0.198. The summed E-state index contributed by atoms with van der Waals surface area (Å²) in [5, 5.41) is 13.0. The van der Waals surface area contributed by atoms with Crippen molar-refractivity contribution in [2.75, 3.05) is 37.8 Å². The van der Waals surface area contributed by atoms with Gasteiger partial charge in [-0.1, -0.05) is 36.7 Å². The molecule has 0 bridgehead atoms. The van der Waals surface area contributed by atoms with Gasteiger partial charge in [0.25, 0.3) is 5.91 Å². The molecule has 14 heteroatoms. The summed E-state index contributed by atoms with van der Waals surface area (Å²) in [6.07, 6.45) is -4.68. The van der Waals surface area contributed by atoms with Gasteiger partial charge in [-0.2, -0.15) is 23.1 Å². The van der Waals surface area contributed by atoms with Crippen LogP contribution >= 0.6 is 11.6 Å². The number of ether oxygens (including phenoxy) is 1. The first-order chi connectivity index (χ1) is 21.7. The number of carbonyl (C=O) groups is 2. The number of hydrogen-bond donors (Lipinski definition) is 3. The smallest absolute Gasteiger partial charge is 0.429 e. The number of amides is 1. The third-order valence-electron chi connectivity index (χ3n) is 8.91. The van der Waals surface area contributed by atoms with Crippen molar-refractivity contribution < 1.29 is 32.6 Å². The number of anilines is 2. The number of halogens is 4. The van der Waals surface area contributed by atoms with Crippen LogP contribution in [0.5, 0.6) is 5.88 Å². The van der Waals surface area contributed by atoms with Crippen molar-refractivity contribution >= 4 is 35.2 Å². The second-order valence-electron chi connectivity index (χ2n) is 12.0. The molecule has 2 aliphatic rings. The van der Waals surface area contributed by atoms with E-state index in [-0.39, 0.29) is 45.3 Å². The molecular formula is C32H36ClF3N6O4. The number of aromatic nitrogens is 2. The normalized spacial score (nSPS) is 20.0. The number of carboxylic acid groups (broad SMARTS) is 1. The van der Waals surface area contributed by atoms with Gasteiger partial charge in [-0.05, 0) is 66.5 Å². The van der Waals surface area contributed by atoms with Crippen LogP contribution in [0.2, 0.25) is 5.02 Å². The van der Waals surface area contributed by atoms with Crippen LogP contribution in [0.1, 0.15) is 54.6 Å². The lowest BCUT2D eigenvalue weighted by atomic mass is 9.71. The fourth-order valence-electron chi connectivity index (χ4n) is 6.64. The van der Waals surface area contributed by atoms with Crippen LogP contribution in [0.4, 0.5) is 24.9 Å². The first-order valence-electron chi connectivity index (χ1n) is 14.9. The van der Waals surface area contributed by atoms with E-state index in [0.29, 0.717) is 49.3 Å². The third kappa shape index (κ3) is 6.85. The highest BCUT2D eigenvalue weighted by molar-refractivity contribution is 6.30. The second-order valence-corrected chi connectivity index (χ2v) is 12.5. The number of nitrogens with two attached hydrogens (primary N) is 1. The van der Waals surface area contributed by atoms with Gasteiger partial charge < -0.3 is 30.7 Å². The minimum Gasteiger partial charge on any atom is -0.480 e. The van der Waals surface area contributed by atoms with Gasteiger partial charge in [0.15, 0.2) is 0 Å². The largest absolute Gasteiger partial charge is 0.480 e. The van der Waals surface area contributed by atoms with E-state index in [1.165, 1.54) is 35.2 Å². The van der Waals surface area contributed by atoms with Gasteiger partial charge in [-0.25, -0.2) is 0 Å². The molecule has 4 N–H and O–H groups in total. The predicted molar refractivity (Wildman–Crippen MR) is 168 cm³/mol. The minimum atomic E-state index is -4.87. The van der Waals surface area contributed by atoms with Crippen molar-refractivity contribution in [1.29, 1.82) is 0 Å². The highest BCUT2D eigenvalue weighted by Gasteiger charge is 2.50. The molecule has 246 valence electrons. The summed E-state index contributed by atoms with van der Waals surface area (Å²) in [6, 6.07) is 11.0. The van der Waals surface area contributed by atoms with Crippen molar-refractivity contribution in [3.63, 3.8) is 0 Å². The van der Waals surface area contributed by atoms with E-state index in [0.717, 1.165) is 6.42 Å². The predicted octanol–water partition coefficient (Wildman–Crippen LogP) is 5.58. The van der Waals surface area contributed by atoms with E-state index in [1.807, 2.05) is 11.8 Å². The Morgan fingerprint density at radius 1 is 1.17 bits per heavy atom. The molecule has 1 amide bonds. The topological polar surface area (TPSA) is 134 Å². The van der Waals surface area contributed by atoms with Crippen LogP contribution in [-0.2, 0) is 4.79 Å². The molecule has 2 saturated heterocycles. The number of nitrogens with one attached hydrogen (secondary N) is 1. The Hall–Kier alpha value is -4.10. The lowest BCUT2D eigenvalue weighted by Gasteiger charge is -2.43. The SMILES string of the molecule is CCC1NC(C(=O)O)CC12CCN(c1cc(O[C@H](c3ccc(Cl)cc3-c3cccc(C(=O)N(C)C)c3)C(F)(F)F)nc(N)n1)CC2. The average molecular weight is 661 g/mol. The number of nitrogen functional groups attached to an aromatic ring is 1. The van der Waals surface area contributed by atoms with E-state index in [1.54, 1.807) is 32.3 Å². The molecular weight excluding hydrogens is 625 g/mol. The molecule has 2 unspecified atom stereocenters. The van der Waals surface area contributed by atoms with Crippen molar-refractivity contribution in [2.45, 2.75) is 57.0 Å². The Bertz CT molecular complexity index is 1610. The molecule has 3 aromatic rings. The van der Waals surface area contributed by atoms with Gasteiger partial charge in [0, 0.05) is 55.4 Å². The Morgan fingerprint density at radius 3 is 2.52 bits per heavy atom. The molecule has 1 aromatic heterocycles. The Labute approximate surface area is 269 Å². The maximum atomic E-state index is 14.7. The molecule has 2 aromatic carbocycles. The van der Waals surface area contributed by atoms with E-state index < -0.39 is 24.3 Å². The number of benzene rings is 2. The summed E-state index contributed by atoms with van der Waals surface area (Å²) in [5.74, 6) is -1.47. The van der Waals surface area contributed by atoms with Crippen LogP contribution in [0.3, 0.4) is 0 Å². The summed E-state index contributed by atoms with van der Waals surface area (Å²) >= 11 is 6.24. The zero-order chi connectivity index (χ0) is 33.4. The third-order valence-corrected chi connectivity index (χ3v) is 9.14. The Morgan fingerprint density at radius 2 is 1.89 bits per heavy atom. The lowest BCUT2D eigenvalue weighted by Crippen LogP contribution is -2.46. The van der Waals surface area contributed by atoms with Gasteiger partial charge in [0.05, 0.1) is 0 Å². The van der Waals surface area contributed by atoms with Crippen molar-refractivity contribution in [3.8, 4) is 17.0 Å². The molecule has 5 rings (SSSR count). The number of carboxylic acids is 1. The van der Waals surface area contributed by atoms with Crippen LogP contribution < -0.4 is 20.7 Å². The number of rotatable bonds is 8. The molecule has 3 heterocycles. The fourth-order valence-corrected chi connectivity index (χ4v) is 6.81. The Balaban J connectivity index is 1.43.